The van der Waals surface area contributed by atoms with Gasteiger partial charge in [-0.25, -0.2) is 9.64 Å². The molecule has 1 aliphatic heterocycles. The maximum absolute atomic E-state index is 12.6. The number of hydrogen-bond donors (Lipinski definition) is 1. The Labute approximate surface area is 176 Å². The first kappa shape index (κ1) is 20.0. The van der Waals surface area contributed by atoms with Crippen molar-refractivity contribution in [3.05, 3.63) is 71.1 Å². The van der Waals surface area contributed by atoms with E-state index in [0.717, 1.165) is 29.7 Å². The van der Waals surface area contributed by atoms with Gasteiger partial charge in [0, 0.05) is 24.6 Å². The molecule has 30 heavy (non-hydrogen) atoms. The van der Waals surface area contributed by atoms with E-state index in [2.05, 4.69) is 17.1 Å². The quantitative estimate of drug-likeness (QED) is 0.732. The largest absolute Gasteiger partial charge is 0.445 e. The molecule has 1 N–H and O–H groups in total. The first-order valence-corrected chi connectivity index (χ1v) is 10.3. The van der Waals surface area contributed by atoms with Crippen LogP contribution < -0.4 is 10.2 Å². The number of nitrogens with one attached hydrogen (secondary N) is 1. The summed E-state index contributed by atoms with van der Waals surface area (Å²) in [5, 5.41) is 3.02. The Morgan fingerprint density at radius 3 is 2.57 bits per heavy atom. The van der Waals surface area contributed by atoms with Crippen molar-refractivity contribution in [3.8, 4) is 0 Å². The third kappa shape index (κ3) is 3.88. The molecule has 1 fully saturated rings. The summed E-state index contributed by atoms with van der Waals surface area (Å²) in [6.45, 7) is 11.2. The maximum atomic E-state index is 12.6. The predicted molar refractivity (Wildman–Crippen MR) is 114 cm³/mol. The highest BCUT2D eigenvalue weighted by Crippen LogP contribution is 2.49. The fraction of sp³-hybridized carbons (Fsp3) is 0.375. The van der Waals surface area contributed by atoms with Crippen molar-refractivity contribution in [2.24, 2.45) is 11.8 Å². The summed E-state index contributed by atoms with van der Waals surface area (Å²) in [5.74, 6) is 0.419. The Kier molecular flexibility index (Phi) is 5.45. The number of amides is 2. The molecule has 0 unspecified atom stereocenters. The highest BCUT2D eigenvalue weighted by molar-refractivity contribution is 5.94. The van der Waals surface area contributed by atoms with E-state index in [1.165, 1.54) is 0 Å². The molecule has 0 saturated heterocycles. The first-order valence-electron chi connectivity index (χ1n) is 10.3. The van der Waals surface area contributed by atoms with Crippen LogP contribution in [0.3, 0.4) is 0 Å². The third-order valence-electron chi connectivity index (χ3n) is 6.03. The molecule has 0 bridgehead atoms. The van der Waals surface area contributed by atoms with Crippen molar-refractivity contribution in [1.29, 1.82) is 0 Å². The van der Waals surface area contributed by atoms with Crippen LogP contribution in [-0.2, 0) is 16.1 Å². The average Bonchev–Trinajstić information content (AvgIpc) is 3.59. The number of hydrogen-bond acceptors (Lipinski definition) is 3. The van der Waals surface area contributed by atoms with Crippen molar-refractivity contribution >= 4 is 23.4 Å². The van der Waals surface area contributed by atoms with E-state index in [0.29, 0.717) is 11.6 Å². The zero-order valence-corrected chi connectivity index (χ0v) is 17.2. The zero-order chi connectivity index (χ0) is 21.3. The van der Waals surface area contributed by atoms with Gasteiger partial charge in [0.2, 0.25) is 5.91 Å². The lowest BCUT2D eigenvalue weighted by Gasteiger charge is -2.45. The molecule has 3 atom stereocenters. The monoisotopic (exact) mass is 403 g/mol. The molecular formula is C24H25N3O3. The molecule has 2 aromatic carbocycles. The van der Waals surface area contributed by atoms with E-state index >= 15 is 0 Å². The van der Waals surface area contributed by atoms with Crippen LogP contribution in [0.5, 0.6) is 0 Å². The van der Waals surface area contributed by atoms with Crippen molar-refractivity contribution in [2.75, 3.05) is 4.90 Å². The van der Waals surface area contributed by atoms with Gasteiger partial charge in [-0.2, -0.15) is 0 Å². The molecule has 6 nitrogen and oxygen atoms in total. The van der Waals surface area contributed by atoms with Gasteiger partial charge in [0.25, 0.3) is 0 Å². The maximum Gasteiger partial charge on any atom is 0.407 e. The predicted octanol–water partition coefficient (Wildman–Crippen LogP) is 4.99. The van der Waals surface area contributed by atoms with Gasteiger partial charge in [0.05, 0.1) is 12.6 Å². The van der Waals surface area contributed by atoms with E-state index in [1.54, 1.807) is 19.1 Å². The van der Waals surface area contributed by atoms with Crippen LogP contribution in [0.25, 0.3) is 4.85 Å². The number of benzene rings is 2. The van der Waals surface area contributed by atoms with Crippen LogP contribution in [0.2, 0.25) is 0 Å². The third-order valence-corrected chi connectivity index (χ3v) is 6.03. The van der Waals surface area contributed by atoms with Gasteiger partial charge in [-0.15, -0.1) is 0 Å². The summed E-state index contributed by atoms with van der Waals surface area (Å²) >= 11 is 0. The summed E-state index contributed by atoms with van der Waals surface area (Å²) in [7, 11) is 0. The Morgan fingerprint density at radius 2 is 1.93 bits per heavy atom. The van der Waals surface area contributed by atoms with Crippen LogP contribution in [0, 0.1) is 18.4 Å². The highest BCUT2D eigenvalue weighted by Gasteiger charge is 2.47. The standard InChI is InChI=1S/C24H25N3O3/c1-15-22(26-24(29)30-14-17-7-5-4-6-8-17)20-13-19(25-3)11-12-21(20)27(16(2)28)23(15)18-9-10-18/h4-8,11-13,15,18,22-23H,9-10,14H2,1-2H3,(H,26,29)/t15-,22-,23-/m1/s1. The minimum absolute atomic E-state index is 0.000779. The van der Waals surface area contributed by atoms with Gasteiger partial charge in [-0.3, -0.25) is 4.79 Å². The Balaban J connectivity index is 1.62. The molecule has 6 heteroatoms. The molecular weight excluding hydrogens is 378 g/mol. The van der Waals surface area contributed by atoms with Crippen LogP contribution >= 0.6 is 0 Å². The van der Waals surface area contributed by atoms with Crippen LogP contribution in [0.1, 0.15) is 43.9 Å². The molecule has 2 amide bonds. The fourth-order valence-electron chi connectivity index (χ4n) is 4.51. The summed E-state index contributed by atoms with van der Waals surface area (Å²) < 4.78 is 5.45. The number of rotatable bonds is 4. The van der Waals surface area contributed by atoms with Gasteiger partial charge < -0.3 is 15.0 Å². The summed E-state index contributed by atoms with van der Waals surface area (Å²) in [6.07, 6.45) is 1.67. The van der Waals surface area contributed by atoms with Gasteiger partial charge in [0.15, 0.2) is 5.69 Å². The summed E-state index contributed by atoms with van der Waals surface area (Å²) in [4.78, 5) is 30.6. The number of nitrogens with zero attached hydrogens (tertiary/aromatic N) is 2. The normalized spacial score (nSPS) is 22.6. The topological polar surface area (TPSA) is 63.0 Å². The summed E-state index contributed by atoms with van der Waals surface area (Å²) in [5.41, 5.74) is 2.97. The fourth-order valence-corrected chi connectivity index (χ4v) is 4.51. The molecule has 1 heterocycles. The number of carbonyl (C=O) groups is 2. The number of fused-ring (bicyclic) bond motifs is 1. The SMILES string of the molecule is [C-]#[N+]c1ccc2c(c1)[C@H](NC(=O)OCc1ccccc1)[C@@H](C)[C@H](C1CC1)N2C(C)=O. The lowest BCUT2D eigenvalue weighted by Crippen LogP contribution is -2.53. The smallest absolute Gasteiger partial charge is 0.407 e. The van der Waals surface area contributed by atoms with Crippen molar-refractivity contribution in [3.63, 3.8) is 0 Å². The van der Waals surface area contributed by atoms with E-state index < -0.39 is 6.09 Å². The highest BCUT2D eigenvalue weighted by atomic mass is 16.5. The van der Waals surface area contributed by atoms with Crippen LogP contribution in [-0.4, -0.2) is 18.0 Å². The molecule has 1 saturated carbocycles. The second-order valence-electron chi connectivity index (χ2n) is 8.11. The number of ether oxygens (including phenoxy) is 1. The second-order valence-corrected chi connectivity index (χ2v) is 8.11. The molecule has 2 aliphatic rings. The number of alkyl carbamates (subject to hydrolysis) is 1. The van der Waals surface area contributed by atoms with Crippen LogP contribution in [0.15, 0.2) is 48.5 Å². The molecule has 4 rings (SSSR count). The number of anilines is 1. The lowest BCUT2D eigenvalue weighted by atomic mass is 9.80. The van der Waals surface area contributed by atoms with Crippen molar-refractivity contribution in [2.45, 2.75) is 45.4 Å². The second kappa shape index (κ2) is 8.19. The Hall–Kier alpha value is -3.33. The molecule has 0 aromatic heterocycles. The molecule has 2 aromatic rings. The minimum atomic E-state index is -0.499. The minimum Gasteiger partial charge on any atom is -0.445 e. The van der Waals surface area contributed by atoms with E-state index in [1.807, 2.05) is 41.3 Å². The van der Waals surface area contributed by atoms with Gasteiger partial charge >= 0.3 is 6.09 Å². The van der Waals surface area contributed by atoms with Crippen molar-refractivity contribution < 1.29 is 14.3 Å². The Bertz CT molecular complexity index is 995. The molecule has 154 valence electrons. The lowest BCUT2D eigenvalue weighted by molar-refractivity contribution is -0.117. The average molecular weight is 403 g/mol. The molecule has 0 spiro atoms. The van der Waals surface area contributed by atoms with Gasteiger partial charge in [-0.1, -0.05) is 43.3 Å². The molecule has 1 aliphatic carbocycles. The summed E-state index contributed by atoms with van der Waals surface area (Å²) in [6, 6.07) is 14.6. The zero-order valence-electron chi connectivity index (χ0n) is 17.2. The number of carbonyl (C=O) groups excluding carboxylic acids is 2. The van der Waals surface area contributed by atoms with Gasteiger partial charge in [0.1, 0.15) is 6.61 Å². The van der Waals surface area contributed by atoms with E-state index in [9.17, 15) is 9.59 Å². The first-order chi connectivity index (χ1) is 14.5. The van der Waals surface area contributed by atoms with Crippen molar-refractivity contribution in [1.82, 2.24) is 5.32 Å². The van der Waals surface area contributed by atoms with Crippen LogP contribution in [0.4, 0.5) is 16.2 Å². The van der Waals surface area contributed by atoms with Gasteiger partial charge in [-0.05, 0) is 42.0 Å². The van der Waals surface area contributed by atoms with E-state index in [4.69, 9.17) is 11.3 Å². The van der Waals surface area contributed by atoms with E-state index in [-0.39, 0.29) is 30.5 Å². The Morgan fingerprint density at radius 1 is 1.20 bits per heavy atom. The molecule has 0 radical (unpaired) electrons.